The van der Waals surface area contributed by atoms with Gasteiger partial charge in [0.2, 0.25) is 0 Å². The summed E-state index contributed by atoms with van der Waals surface area (Å²) in [6.07, 6.45) is 6.50. The zero-order chi connectivity index (χ0) is 16.1. The highest BCUT2D eigenvalue weighted by molar-refractivity contribution is 5.77. The number of benzene rings is 1. The van der Waals surface area contributed by atoms with E-state index >= 15 is 0 Å². The van der Waals surface area contributed by atoms with Gasteiger partial charge in [-0.25, -0.2) is 4.39 Å². The molecule has 1 aliphatic rings. The van der Waals surface area contributed by atoms with Gasteiger partial charge in [0.05, 0.1) is 12.7 Å². The number of hydrogen-bond acceptors (Lipinski definition) is 3. The van der Waals surface area contributed by atoms with Crippen molar-refractivity contribution in [1.82, 2.24) is 15.1 Å². The van der Waals surface area contributed by atoms with Gasteiger partial charge in [-0.3, -0.25) is 9.48 Å². The smallest absolute Gasteiger partial charge is 0.258 e. The molecule has 0 fully saturated rings. The zero-order valence-electron chi connectivity index (χ0n) is 12.9. The molecular formula is C17H20FN3O2. The average molecular weight is 317 g/mol. The monoisotopic (exact) mass is 317 g/mol. The fourth-order valence-corrected chi connectivity index (χ4v) is 2.81. The Hall–Kier alpha value is -2.37. The highest BCUT2D eigenvalue weighted by atomic mass is 19.1. The Balaban J connectivity index is 1.43. The van der Waals surface area contributed by atoms with Crippen LogP contribution in [0.25, 0.3) is 0 Å². The molecule has 0 radical (unpaired) electrons. The highest BCUT2D eigenvalue weighted by Gasteiger charge is 2.14. The van der Waals surface area contributed by atoms with Crippen LogP contribution in [0.5, 0.6) is 5.75 Å². The summed E-state index contributed by atoms with van der Waals surface area (Å²) in [5.41, 5.74) is 2.61. The number of nitrogens with one attached hydrogen (secondary N) is 1. The summed E-state index contributed by atoms with van der Waals surface area (Å²) in [6, 6.07) is 6.04. The first kappa shape index (κ1) is 15.5. The van der Waals surface area contributed by atoms with E-state index in [0.717, 1.165) is 12.8 Å². The van der Waals surface area contributed by atoms with E-state index in [0.29, 0.717) is 13.1 Å². The van der Waals surface area contributed by atoms with E-state index < -0.39 is 5.82 Å². The van der Waals surface area contributed by atoms with Gasteiger partial charge in [-0.2, -0.15) is 5.10 Å². The molecule has 1 aromatic heterocycles. The summed E-state index contributed by atoms with van der Waals surface area (Å²) < 4.78 is 20.5. The fourth-order valence-electron chi connectivity index (χ4n) is 2.81. The van der Waals surface area contributed by atoms with E-state index in [4.69, 9.17) is 4.74 Å². The van der Waals surface area contributed by atoms with Gasteiger partial charge in [-0.05, 0) is 43.4 Å². The minimum absolute atomic E-state index is 0.0868. The number of amides is 1. The van der Waals surface area contributed by atoms with Crippen molar-refractivity contribution in [3.8, 4) is 5.75 Å². The van der Waals surface area contributed by atoms with Gasteiger partial charge < -0.3 is 10.1 Å². The second-order valence-electron chi connectivity index (χ2n) is 5.62. The predicted molar refractivity (Wildman–Crippen MR) is 83.8 cm³/mol. The van der Waals surface area contributed by atoms with Gasteiger partial charge in [-0.15, -0.1) is 0 Å². The first-order valence-corrected chi connectivity index (χ1v) is 7.91. The fraction of sp³-hybridized carbons (Fsp3) is 0.412. The van der Waals surface area contributed by atoms with Crippen molar-refractivity contribution in [2.75, 3.05) is 13.2 Å². The summed E-state index contributed by atoms with van der Waals surface area (Å²) >= 11 is 0. The molecule has 0 atom stereocenters. The van der Waals surface area contributed by atoms with Crippen LogP contribution in [0.2, 0.25) is 0 Å². The van der Waals surface area contributed by atoms with Crippen molar-refractivity contribution < 1.29 is 13.9 Å². The van der Waals surface area contributed by atoms with Gasteiger partial charge in [0, 0.05) is 12.2 Å². The topological polar surface area (TPSA) is 56.1 Å². The second kappa shape index (κ2) is 7.26. The number of carbonyl (C=O) groups excluding carboxylic acids is 1. The molecule has 1 N–H and O–H groups in total. The van der Waals surface area contributed by atoms with E-state index in [1.54, 1.807) is 12.1 Å². The largest absolute Gasteiger partial charge is 0.481 e. The Morgan fingerprint density at radius 2 is 2.13 bits per heavy atom. The number of aromatic nitrogens is 2. The molecule has 1 aliphatic carbocycles. The van der Waals surface area contributed by atoms with Crippen molar-refractivity contribution in [1.29, 1.82) is 0 Å². The van der Waals surface area contributed by atoms with Crippen molar-refractivity contribution >= 4 is 5.91 Å². The molecule has 0 aliphatic heterocycles. The van der Waals surface area contributed by atoms with Crippen LogP contribution in [0, 0.1) is 5.82 Å². The Labute approximate surface area is 134 Å². The molecule has 0 bridgehead atoms. The van der Waals surface area contributed by atoms with Gasteiger partial charge in [0.25, 0.3) is 5.91 Å². The number of para-hydroxylation sites is 1. The van der Waals surface area contributed by atoms with Gasteiger partial charge in [-0.1, -0.05) is 12.1 Å². The molecule has 0 saturated carbocycles. The molecule has 3 rings (SSSR count). The number of fused-ring (bicyclic) bond motifs is 1. The molecule has 2 aromatic rings. The van der Waals surface area contributed by atoms with Crippen molar-refractivity contribution in [3.05, 3.63) is 47.5 Å². The van der Waals surface area contributed by atoms with Crippen LogP contribution >= 0.6 is 0 Å². The van der Waals surface area contributed by atoms with Crippen LogP contribution in [-0.4, -0.2) is 28.8 Å². The van der Waals surface area contributed by atoms with E-state index in [1.165, 1.54) is 36.2 Å². The third kappa shape index (κ3) is 3.88. The molecule has 122 valence electrons. The van der Waals surface area contributed by atoms with Gasteiger partial charge in [0.15, 0.2) is 18.2 Å². The SMILES string of the molecule is O=C(COc1ccccc1F)NCCn1ncc2c1CCCC2. The highest BCUT2D eigenvalue weighted by Crippen LogP contribution is 2.20. The average Bonchev–Trinajstić information content (AvgIpc) is 2.98. The Morgan fingerprint density at radius 3 is 3.00 bits per heavy atom. The summed E-state index contributed by atoms with van der Waals surface area (Å²) in [5, 5.41) is 7.15. The molecule has 6 heteroatoms. The lowest BCUT2D eigenvalue weighted by Crippen LogP contribution is -2.32. The van der Waals surface area contributed by atoms with Crippen LogP contribution in [0.15, 0.2) is 30.5 Å². The summed E-state index contributed by atoms with van der Waals surface area (Å²) in [6.45, 7) is 0.923. The lowest BCUT2D eigenvalue weighted by atomic mass is 9.98. The van der Waals surface area contributed by atoms with Crippen molar-refractivity contribution in [2.24, 2.45) is 0 Å². The minimum Gasteiger partial charge on any atom is -0.481 e. The third-order valence-electron chi connectivity index (χ3n) is 3.99. The zero-order valence-corrected chi connectivity index (χ0v) is 12.9. The maximum absolute atomic E-state index is 13.4. The number of carbonyl (C=O) groups is 1. The molecule has 1 heterocycles. The van der Waals surface area contributed by atoms with Crippen LogP contribution in [0.1, 0.15) is 24.1 Å². The van der Waals surface area contributed by atoms with E-state index in [9.17, 15) is 9.18 Å². The molecule has 0 unspecified atom stereocenters. The first-order valence-electron chi connectivity index (χ1n) is 7.91. The summed E-state index contributed by atoms with van der Waals surface area (Å²) in [5.74, 6) is -0.651. The number of aryl methyl sites for hydroxylation is 1. The molecule has 1 aromatic carbocycles. The van der Waals surface area contributed by atoms with Gasteiger partial charge >= 0.3 is 0 Å². The number of nitrogens with zero attached hydrogens (tertiary/aromatic N) is 2. The van der Waals surface area contributed by atoms with E-state index in [-0.39, 0.29) is 18.3 Å². The standard InChI is InChI=1S/C17H20FN3O2/c18-14-6-2-4-8-16(14)23-12-17(22)19-9-10-21-15-7-3-1-5-13(15)11-20-21/h2,4,6,8,11H,1,3,5,7,9-10,12H2,(H,19,22). The first-order chi connectivity index (χ1) is 11.2. The predicted octanol–water partition coefficient (Wildman–Crippen LogP) is 2.10. The van der Waals surface area contributed by atoms with Crippen LogP contribution in [-0.2, 0) is 24.2 Å². The maximum atomic E-state index is 13.4. The Morgan fingerprint density at radius 1 is 1.30 bits per heavy atom. The third-order valence-corrected chi connectivity index (χ3v) is 3.99. The van der Waals surface area contributed by atoms with Crippen LogP contribution in [0.4, 0.5) is 4.39 Å². The Bertz CT molecular complexity index is 684. The van der Waals surface area contributed by atoms with E-state index in [2.05, 4.69) is 10.4 Å². The number of hydrogen-bond donors (Lipinski definition) is 1. The normalized spacial score (nSPS) is 13.4. The molecule has 0 spiro atoms. The maximum Gasteiger partial charge on any atom is 0.258 e. The molecule has 0 saturated heterocycles. The quantitative estimate of drug-likeness (QED) is 0.887. The number of ether oxygens (including phenoxy) is 1. The van der Waals surface area contributed by atoms with Gasteiger partial charge in [0.1, 0.15) is 0 Å². The number of rotatable bonds is 6. The summed E-state index contributed by atoms with van der Waals surface area (Å²) in [4.78, 5) is 11.8. The summed E-state index contributed by atoms with van der Waals surface area (Å²) in [7, 11) is 0. The van der Waals surface area contributed by atoms with Crippen LogP contribution in [0.3, 0.4) is 0 Å². The molecule has 1 amide bonds. The molecule has 5 nitrogen and oxygen atoms in total. The number of halogens is 1. The van der Waals surface area contributed by atoms with Crippen molar-refractivity contribution in [3.63, 3.8) is 0 Å². The molecule has 23 heavy (non-hydrogen) atoms. The van der Waals surface area contributed by atoms with Crippen molar-refractivity contribution in [2.45, 2.75) is 32.2 Å². The van der Waals surface area contributed by atoms with Crippen LogP contribution < -0.4 is 10.1 Å². The second-order valence-corrected chi connectivity index (χ2v) is 5.62. The minimum atomic E-state index is -0.469. The lowest BCUT2D eigenvalue weighted by Gasteiger charge is -2.14. The van der Waals surface area contributed by atoms with E-state index in [1.807, 2.05) is 10.9 Å². The Kier molecular flexibility index (Phi) is 4.90. The lowest BCUT2D eigenvalue weighted by molar-refractivity contribution is -0.123. The molecular weight excluding hydrogens is 297 g/mol.